The minimum atomic E-state index is -0.670. The highest BCUT2D eigenvalue weighted by Gasteiger charge is 2.31. The summed E-state index contributed by atoms with van der Waals surface area (Å²) < 4.78 is 0. The second-order valence-corrected chi connectivity index (χ2v) is 10.0. The molecule has 212 valence electrons. The van der Waals surface area contributed by atoms with Crippen LogP contribution in [-0.2, 0) is 25.6 Å². The molecule has 2 aliphatic heterocycles. The molecular formula is C33H31N5O4. The summed E-state index contributed by atoms with van der Waals surface area (Å²) in [4.78, 5) is 57.3. The molecule has 3 aromatic rings. The first kappa shape index (κ1) is 28.2. The SMILES string of the molecule is CC(=O)N1CC=C[C@H]1C(=O)Nc1ccc(C=Cc2ccc(NC(=O)[C@@H]3C=CCN3C(=O)Cc3ccccn3)cc2)cc1. The van der Waals surface area contributed by atoms with Crippen molar-refractivity contribution in [3.63, 3.8) is 0 Å². The van der Waals surface area contributed by atoms with Crippen LogP contribution in [0.5, 0.6) is 0 Å². The van der Waals surface area contributed by atoms with Gasteiger partial charge in [-0.1, -0.05) is 66.8 Å². The third-order valence-corrected chi connectivity index (χ3v) is 7.06. The molecule has 9 nitrogen and oxygen atoms in total. The van der Waals surface area contributed by atoms with Crippen LogP contribution in [0, 0.1) is 0 Å². The number of rotatable bonds is 8. The number of hydrogen-bond acceptors (Lipinski definition) is 5. The number of amides is 4. The first-order valence-electron chi connectivity index (χ1n) is 13.7. The summed E-state index contributed by atoms with van der Waals surface area (Å²) in [7, 11) is 0. The van der Waals surface area contributed by atoms with Gasteiger partial charge in [-0.15, -0.1) is 0 Å². The van der Waals surface area contributed by atoms with Crippen LogP contribution in [-0.4, -0.2) is 63.6 Å². The van der Waals surface area contributed by atoms with Crippen molar-refractivity contribution >= 4 is 47.2 Å². The maximum atomic E-state index is 13.0. The molecule has 5 rings (SSSR count). The summed E-state index contributed by atoms with van der Waals surface area (Å²) in [6, 6.07) is 19.0. The molecule has 1 aromatic heterocycles. The van der Waals surface area contributed by atoms with Gasteiger partial charge in [0.05, 0.1) is 6.42 Å². The molecule has 42 heavy (non-hydrogen) atoms. The van der Waals surface area contributed by atoms with Crippen molar-refractivity contribution in [3.05, 3.63) is 114 Å². The molecule has 0 bridgehead atoms. The van der Waals surface area contributed by atoms with E-state index in [1.807, 2.05) is 78.9 Å². The first-order chi connectivity index (χ1) is 20.4. The van der Waals surface area contributed by atoms with Gasteiger partial charge in [-0.05, 0) is 47.5 Å². The standard InChI is InChI=1S/C33H31N5O4/c1-23(39)37-20-4-7-29(37)32(41)35-26-15-11-24(12-16-26)9-10-25-13-17-27(18-14-25)36-33(42)30-8-5-21-38(30)31(40)22-28-6-2-3-19-34-28/h2-19,29-30H,20-22H2,1H3,(H,35,41)(H,36,42)/t29-,30-/m0/s1. The van der Waals surface area contributed by atoms with Crippen LogP contribution in [0.25, 0.3) is 12.2 Å². The van der Waals surface area contributed by atoms with E-state index in [9.17, 15) is 19.2 Å². The molecule has 2 atom stereocenters. The lowest BCUT2D eigenvalue weighted by Gasteiger charge is -2.24. The van der Waals surface area contributed by atoms with Crippen molar-refractivity contribution < 1.29 is 19.2 Å². The zero-order chi connectivity index (χ0) is 29.5. The molecule has 2 N–H and O–H groups in total. The van der Waals surface area contributed by atoms with E-state index in [0.717, 1.165) is 11.1 Å². The number of carbonyl (C=O) groups is 4. The van der Waals surface area contributed by atoms with Crippen LogP contribution in [0.2, 0.25) is 0 Å². The van der Waals surface area contributed by atoms with Gasteiger partial charge in [-0.3, -0.25) is 24.2 Å². The predicted octanol–water partition coefficient (Wildman–Crippen LogP) is 3.93. The van der Waals surface area contributed by atoms with Crippen LogP contribution in [0.15, 0.2) is 97.2 Å². The quantitative estimate of drug-likeness (QED) is 0.320. The Kier molecular flexibility index (Phi) is 8.67. The number of anilines is 2. The average Bonchev–Trinajstić information content (AvgIpc) is 3.69. The fourth-order valence-corrected chi connectivity index (χ4v) is 4.82. The maximum absolute atomic E-state index is 13.0. The Morgan fingerprint density at radius 2 is 1.29 bits per heavy atom. The second kappa shape index (κ2) is 12.9. The van der Waals surface area contributed by atoms with Crippen LogP contribution in [0.1, 0.15) is 23.7 Å². The Labute approximate surface area is 244 Å². The lowest BCUT2D eigenvalue weighted by Crippen LogP contribution is -2.44. The average molecular weight is 562 g/mol. The van der Waals surface area contributed by atoms with Crippen molar-refractivity contribution in [1.82, 2.24) is 14.8 Å². The van der Waals surface area contributed by atoms with E-state index in [1.54, 1.807) is 35.4 Å². The van der Waals surface area contributed by atoms with Crippen molar-refractivity contribution in [1.29, 1.82) is 0 Å². The maximum Gasteiger partial charge on any atom is 0.251 e. The Morgan fingerprint density at radius 3 is 1.79 bits per heavy atom. The smallest absolute Gasteiger partial charge is 0.251 e. The molecule has 0 unspecified atom stereocenters. The van der Waals surface area contributed by atoms with E-state index in [0.29, 0.717) is 30.2 Å². The lowest BCUT2D eigenvalue weighted by atomic mass is 10.1. The van der Waals surface area contributed by atoms with Gasteiger partial charge in [0.2, 0.25) is 11.8 Å². The van der Waals surface area contributed by atoms with Crippen molar-refractivity contribution in [3.8, 4) is 0 Å². The van der Waals surface area contributed by atoms with Gasteiger partial charge >= 0.3 is 0 Å². The summed E-state index contributed by atoms with van der Waals surface area (Å²) in [6.07, 6.45) is 12.8. The topological polar surface area (TPSA) is 112 Å². The van der Waals surface area contributed by atoms with Gasteiger partial charge in [0, 0.05) is 43.3 Å². The Morgan fingerprint density at radius 1 is 0.762 bits per heavy atom. The summed E-state index contributed by atoms with van der Waals surface area (Å²) >= 11 is 0. The largest absolute Gasteiger partial charge is 0.324 e. The van der Waals surface area contributed by atoms with E-state index >= 15 is 0 Å². The molecule has 3 heterocycles. The number of pyridine rings is 1. The predicted molar refractivity (Wildman–Crippen MR) is 162 cm³/mol. The summed E-state index contributed by atoms with van der Waals surface area (Å²) in [5, 5.41) is 5.76. The van der Waals surface area contributed by atoms with Gasteiger partial charge in [0.1, 0.15) is 12.1 Å². The highest BCUT2D eigenvalue weighted by molar-refractivity contribution is 6.00. The van der Waals surface area contributed by atoms with E-state index in [4.69, 9.17) is 0 Å². The normalized spacial score (nSPS) is 17.5. The number of benzene rings is 2. The molecular weight excluding hydrogens is 530 g/mol. The summed E-state index contributed by atoms with van der Waals surface area (Å²) in [5.41, 5.74) is 3.83. The third kappa shape index (κ3) is 6.87. The molecule has 0 fully saturated rings. The fraction of sp³-hybridized carbons (Fsp3) is 0.182. The zero-order valence-corrected chi connectivity index (χ0v) is 23.1. The van der Waals surface area contributed by atoms with Crippen molar-refractivity contribution in [2.45, 2.75) is 25.4 Å². The van der Waals surface area contributed by atoms with E-state index < -0.39 is 12.1 Å². The van der Waals surface area contributed by atoms with E-state index in [2.05, 4.69) is 15.6 Å². The number of aromatic nitrogens is 1. The molecule has 2 aliphatic rings. The highest BCUT2D eigenvalue weighted by Crippen LogP contribution is 2.19. The first-order valence-corrected chi connectivity index (χ1v) is 13.7. The van der Waals surface area contributed by atoms with Crippen LogP contribution >= 0.6 is 0 Å². The van der Waals surface area contributed by atoms with Crippen molar-refractivity contribution in [2.24, 2.45) is 0 Å². The van der Waals surface area contributed by atoms with Gasteiger partial charge in [0.15, 0.2) is 0 Å². The second-order valence-electron chi connectivity index (χ2n) is 10.0. The zero-order valence-electron chi connectivity index (χ0n) is 23.1. The minimum Gasteiger partial charge on any atom is -0.324 e. The lowest BCUT2D eigenvalue weighted by molar-refractivity contribution is -0.135. The van der Waals surface area contributed by atoms with Gasteiger partial charge in [0.25, 0.3) is 11.8 Å². The van der Waals surface area contributed by atoms with Crippen LogP contribution < -0.4 is 10.6 Å². The van der Waals surface area contributed by atoms with Crippen molar-refractivity contribution in [2.75, 3.05) is 23.7 Å². The number of nitrogens with one attached hydrogen (secondary N) is 2. The Hall–Kier alpha value is -5.31. The van der Waals surface area contributed by atoms with Crippen LogP contribution in [0.4, 0.5) is 11.4 Å². The number of hydrogen-bond donors (Lipinski definition) is 2. The Bertz CT molecular complexity index is 1550. The minimum absolute atomic E-state index is 0.141. The summed E-state index contributed by atoms with van der Waals surface area (Å²) in [6.45, 7) is 2.28. The summed E-state index contributed by atoms with van der Waals surface area (Å²) in [5.74, 6) is -0.813. The molecule has 0 spiro atoms. The van der Waals surface area contributed by atoms with E-state index in [1.165, 1.54) is 11.8 Å². The Balaban J connectivity index is 1.13. The van der Waals surface area contributed by atoms with Gasteiger partial charge < -0.3 is 20.4 Å². The monoisotopic (exact) mass is 561 g/mol. The third-order valence-electron chi connectivity index (χ3n) is 7.06. The molecule has 0 saturated heterocycles. The molecule has 9 heteroatoms. The highest BCUT2D eigenvalue weighted by atomic mass is 16.2. The fourth-order valence-electron chi connectivity index (χ4n) is 4.82. The molecule has 0 aliphatic carbocycles. The number of nitrogens with zero attached hydrogens (tertiary/aromatic N) is 3. The molecule has 4 amide bonds. The number of carbonyl (C=O) groups excluding carboxylic acids is 4. The molecule has 0 saturated carbocycles. The van der Waals surface area contributed by atoms with Gasteiger partial charge in [-0.2, -0.15) is 0 Å². The molecule has 0 radical (unpaired) electrons. The van der Waals surface area contributed by atoms with Gasteiger partial charge in [-0.25, -0.2) is 0 Å². The van der Waals surface area contributed by atoms with Crippen LogP contribution in [0.3, 0.4) is 0 Å². The van der Waals surface area contributed by atoms with E-state index in [-0.39, 0.29) is 30.0 Å². The molecule has 2 aromatic carbocycles.